The van der Waals surface area contributed by atoms with E-state index in [0.29, 0.717) is 63.3 Å². The molecule has 2 amide bonds. The molecule has 47 heavy (non-hydrogen) atoms. The van der Waals surface area contributed by atoms with Crippen molar-refractivity contribution in [2.75, 3.05) is 91.0 Å². The molecule has 2 atom stereocenters. The van der Waals surface area contributed by atoms with E-state index in [9.17, 15) is 4.79 Å². The van der Waals surface area contributed by atoms with Crippen molar-refractivity contribution in [3.63, 3.8) is 0 Å². The summed E-state index contributed by atoms with van der Waals surface area (Å²) in [6, 6.07) is 11.2. The molecular weight excluding hydrogens is 600 g/mol. The van der Waals surface area contributed by atoms with Crippen molar-refractivity contribution >= 4 is 45.9 Å². The summed E-state index contributed by atoms with van der Waals surface area (Å²) in [5, 5.41) is 11.5. The topological polar surface area (TPSA) is 135 Å². The first-order valence-corrected chi connectivity index (χ1v) is 16.6. The van der Waals surface area contributed by atoms with Crippen molar-refractivity contribution in [3.05, 3.63) is 42.6 Å². The summed E-state index contributed by atoms with van der Waals surface area (Å²) in [7, 11) is 0. The Morgan fingerprint density at radius 1 is 0.809 bits per heavy atom. The van der Waals surface area contributed by atoms with E-state index in [4.69, 9.17) is 29.2 Å². The Morgan fingerprint density at radius 2 is 1.51 bits per heavy atom. The second kappa shape index (κ2) is 12.9. The molecule has 4 aromatic rings. The van der Waals surface area contributed by atoms with Crippen molar-refractivity contribution < 1.29 is 19.0 Å². The van der Waals surface area contributed by atoms with Gasteiger partial charge in [0.2, 0.25) is 0 Å². The van der Waals surface area contributed by atoms with Crippen molar-refractivity contribution in [1.29, 1.82) is 0 Å². The lowest BCUT2D eigenvalue weighted by Gasteiger charge is -2.33. The zero-order valence-corrected chi connectivity index (χ0v) is 26.6. The number of hydrogen-bond acceptors (Lipinski definition) is 11. The molecular formula is C33H40N10O4. The van der Waals surface area contributed by atoms with E-state index in [1.165, 1.54) is 0 Å². The van der Waals surface area contributed by atoms with Crippen molar-refractivity contribution in [3.8, 4) is 11.4 Å². The van der Waals surface area contributed by atoms with Crippen LogP contribution >= 0.6 is 0 Å². The monoisotopic (exact) mass is 640 g/mol. The molecule has 4 aliphatic heterocycles. The molecule has 14 heteroatoms. The summed E-state index contributed by atoms with van der Waals surface area (Å²) in [4.78, 5) is 34.9. The molecule has 0 radical (unpaired) electrons. The largest absolute Gasteiger partial charge is 0.378 e. The van der Waals surface area contributed by atoms with Gasteiger partial charge >= 0.3 is 6.03 Å². The molecule has 2 N–H and O–H groups in total. The number of nitrogens with one attached hydrogen (secondary N) is 2. The Labute approximate surface area is 273 Å². The Hall–Kier alpha value is -4.53. The summed E-state index contributed by atoms with van der Waals surface area (Å²) in [6.45, 7) is 9.98. The van der Waals surface area contributed by atoms with Crippen LogP contribution in [0.25, 0.3) is 22.4 Å². The molecule has 7 heterocycles. The van der Waals surface area contributed by atoms with E-state index in [0.717, 1.165) is 73.1 Å². The number of anilines is 5. The van der Waals surface area contributed by atoms with Gasteiger partial charge in [0, 0.05) is 57.1 Å². The van der Waals surface area contributed by atoms with Gasteiger partial charge in [-0.2, -0.15) is 5.10 Å². The van der Waals surface area contributed by atoms with Gasteiger partial charge in [-0.1, -0.05) is 0 Å². The third-order valence-corrected chi connectivity index (χ3v) is 9.27. The molecule has 0 saturated carbocycles. The highest BCUT2D eigenvalue weighted by molar-refractivity contribution is 6.01. The second-order valence-electron chi connectivity index (χ2n) is 12.3. The minimum Gasteiger partial charge on any atom is -0.378 e. The van der Waals surface area contributed by atoms with Gasteiger partial charge in [-0.25, -0.2) is 24.4 Å². The molecule has 2 bridgehead atoms. The number of carbonyl (C=O) groups excluding carboxylic acids is 1. The Bertz CT molecular complexity index is 1720. The van der Waals surface area contributed by atoms with Gasteiger partial charge in [-0.3, -0.25) is 0 Å². The predicted octanol–water partition coefficient (Wildman–Crippen LogP) is 3.59. The molecule has 4 saturated heterocycles. The van der Waals surface area contributed by atoms with Crippen LogP contribution < -0.4 is 25.3 Å². The standard InChI is InChI=1S/C33H40N10O4/c1-2-43-31-26(19-34-43)30(42-20-24-7-8-25(21-42)47-24)38-29(39-31)22-3-5-23(6-4-22)35-33(44)36-27-9-10-28(40-11-15-45-16-12-40)37-32(27)41-13-17-46-18-14-41/h3-6,9-10,19,24-25H,2,7-8,11-18,20-21H2,1H3,(H2,35,36,44). The van der Waals surface area contributed by atoms with Gasteiger partial charge < -0.3 is 39.5 Å². The fourth-order valence-electron chi connectivity index (χ4n) is 6.84. The summed E-state index contributed by atoms with van der Waals surface area (Å²) in [5.74, 6) is 3.14. The van der Waals surface area contributed by atoms with E-state index in [-0.39, 0.29) is 18.2 Å². The zero-order valence-electron chi connectivity index (χ0n) is 26.6. The molecule has 1 aromatic carbocycles. The third-order valence-electron chi connectivity index (χ3n) is 9.27. The number of aryl methyl sites for hydroxylation is 1. The molecule has 4 aliphatic rings. The van der Waals surface area contributed by atoms with Gasteiger partial charge in [0.1, 0.15) is 11.6 Å². The Morgan fingerprint density at radius 3 is 2.21 bits per heavy atom. The lowest BCUT2D eigenvalue weighted by atomic mass is 10.2. The van der Waals surface area contributed by atoms with Crippen molar-refractivity contribution in [2.24, 2.45) is 0 Å². The summed E-state index contributed by atoms with van der Waals surface area (Å²) >= 11 is 0. The van der Waals surface area contributed by atoms with E-state index in [1.807, 2.05) is 47.3 Å². The maximum Gasteiger partial charge on any atom is 0.323 e. The van der Waals surface area contributed by atoms with Crippen LogP contribution in [0.1, 0.15) is 19.8 Å². The highest BCUT2D eigenvalue weighted by Gasteiger charge is 2.35. The number of nitrogens with zero attached hydrogens (tertiary/aromatic N) is 8. The maximum atomic E-state index is 13.3. The average Bonchev–Trinajstić information content (AvgIpc) is 3.70. The molecule has 8 rings (SSSR count). The lowest BCUT2D eigenvalue weighted by Crippen LogP contribution is -2.43. The van der Waals surface area contributed by atoms with E-state index < -0.39 is 0 Å². The summed E-state index contributed by atoms with van der Waals surface area (Å²) < 4.78 is 19.1. The molecule has 2 unspecified atom stereocenters. The molecule has 0 spiro atoms. The SMILES string of the molecule is CCn1ncc2c(N3CC4CCC(C3)O4)nc(-c3ccc(NC(=O)Nc4ccc(N5CCOCC5)nc4N4CCOCC4)cc3)nc21. The van der Waals surface area contributed by atoms with Crippen LogP contribution in [-0.2, 0) is 20.8 Å². The maximum absolute atomic E-state index is 13.3. The van der Waals surface area contributed by atoms with Crippen LogP contribution in [-0.4, -0.2) is 109 Å². The number of benzene rings is 1. The lowest BCUT2D eigenvalue weighted by molar-refractivity contribution is 0.0303. The number of aromatic nitrogens is 5. The number of urea groups is 1. The van der Waals surface area contributed by atoms with Crippen LogP contribution in [0.4, 0.5) is 33.6 Å². The van der Waals surface area contributed by atoms with Crippen molar-refractivity contribution in [2.45, 2.75) is 38.5 Å². The molecule has 0 aliphatic carbocycles. The van der Waals surface area contributed by atoms with E-state index in [2.05, 4.69) is 37.4 Å². The van der Waals surface area contributed by atoms with Gasteiger partial charge in [0.05, 0.1) is 55.9 Å². The zero-order chi connectivity index (χ0) is 31.7. The van der Waals surface area contributed by atoms with Gasteiger partial charge in [-0.05, 0) is 56.2 Å². The van der Waals surface area contributed by atoms with E-state index in [1.54, 1.807) is 0 Å². The number of morpholine rings is 3. The fraction of sp³-hybridized carbons (Fsp3) is 0.485. The highest BCUT2D eigenvalue weighted by atomic mass is 16.5. The first-order valence-electron chi connectivity index (χ1n) is 16.6. The van der Waals surface area contributed by atoms with Gasteiger partial charge in [0.15, 0.2) is 17.3 Å². The normalized spacial score (nSPS) is 21.3. The van der Waals surface area contributed by atoms with Crippen LogP contribution in [0.15, 0.2) is 42.6 Å². The van der Waals surface area contributed by atoms with Crippen LogP contribution in [0.3, 0.4) is 0 Å². The second-order valence-corrected chi connectivity index (χ2v) is 12.3. The quantitative estimate of drug-likeness (QED) is 0.307. The Kier molecular flexibility index (Phi) is 8.21. The minimum absolute atomic E-state index is 0.239. The van der Waals surface area contributed by atoms with Crippen LogP contribution in [0.5, 0.6) is 0 Å². The molecule has 4 fully saturated rings. The number of amides is 2. The first kappa shape index (κ1) is 29.8. The summed E-state index contributed by atoms with van der Waals surface area (Å²) in [5.41, 5.74) is 2.98. The minimum atomic E-state index is -0.345. The number of hydrogen-bond donors (Lipinski definition) is 2. The third kappa shape index (κ3) is 6.15. The number of ether oxygens (including phenoxy) is 3. The summed E-state index contributed by atoms with van der Waals surface area (Å²) in [6.07, 6.45) is 4.52. The van der Waals surface area contributed by atoms with E-state index >= 15 is 0 Å². The molecule has 14 nitrogen and oxygen atoms in total. The van der Waals surface area contributed by atoms with Gasteiger partial charge in [-0.15, -0.1) is 0 Å². The molecule has 246 valence electrons. The number of carbonyl (C=O) groups is 1. The number of pyridine rings is 1. The van der Waals surface area contributed by atoms with Gasteiger partial charge in [0.25, 0.3) is 0 Å². The average molecular weight is 641 g/mol. The predicted molar refractivity (Wildman–Crippen MR) is 179 cm³/mol. The Balaban J connectivity index is 1.01. The van der Waals surface area contributed by atoms with Crippen molar-refractivity contribution in [1.82, 2.24) is 24.7 Å². The smallest absolute Gasteiger partial charge is 0.323 e. The first-order chi connectivity index (χ1) is 23.1. The fourth-order valence-corrected chi connectivity index (χ4v) is 6.84. The van der Waals surface area contributed by atoms with Crippen LogP contribution in [0, 0.1) is 0 Å². The number of rotatable bonds is 7. The highest BCUT2D eigenvalue weighted by Crippen LogP contribution is 2.34. The number of fused-ring (bicyclic) bond motifs is 3. The van der Waals surface area contributed by atoms with Crippen LogP contribution in [0.2, 0.25) is 0 Å². The molecule has 3 aromatic heterocycles.